The maximum atomic E-state index is 14.2. The SMILES string of the molecule is C=CCN(C(=O)[C@@H]1[C@H]2C(=O)N([C@@H](CC)CO)C(C(=O)N(CC=C)C(C)C)C23CC[C@H]1S3)c1ccccc1. The third-order valence-electron chi connectivity index (χ3n) is 8.21. The molecule has 3 fully saturated rings. The molecule has 200 valence electrons. The topological polar surface area (TPSA) is 81.2 Å². The number of hydrogen-bond acceptors (Lipinski definition) is 5. The summed E-state index contributed by atoms with van der Waals surface area (Å²) in [5, 5.41) is 10.2. The minimum atomic E-state index is -0.721. The standard InChI is InChI=1S/C29H39N3O4S/c1-6-16-30(19(4)5)28(36)25-29-15-14-22(37-29)23(24(29)27(35)32(25)20(8-3)18-33)26(34)31(17-7-2)21-12-10-9-11-13-21/h6-7,9-13,19-20,22-25,33H,1-2,8,14-18H2,3-5H3/t20-,22+,23-,24-,25?,29?/m0/s1. The average molecular weight is 526 g/mol. The van der Waals surface area contributed by atoms with E-state index in [1.165, 1.54) is 0 Å². The van der Waals surface area contributed by atoms with E-state index in [-0.39, 0.29) is 35.6 Å². The van der Waals surface area contributed by atoms with E-state index in [4.69, 9.17) is 0 Å². The molecular formula is C29H39N3O4S. The molecule has 1 aromatic carbocycles. The minimum absolute atomic E-state index is 0.0314. The van der Waals surface area contributed by atoms with Gasteiger partial charge in [0.15, 0.2) is 0 Å². The van der Waals surface area contributed by atoms with Crippen LogP contribution in [0.4, 0.5) is 5.69 Å². The number of carbonyl (C=O) groups is 3. The van der Waals surface area contributed by atoms with Crippen molar-refractivity contribution in [3.63, 3.8) is 0 Å². The second-order valence-corrected chi connectivity index (χ2v) is 12.1. The second-order valence-electron chi connectivity index (χ2n) is 10.5. The Morgan fingerprint density at radius 3 is 2.43 bits per heavy atom. The first-order valence-electron chi connectivity index (χ1n) is 13.3. The molecule has 0 saturated carbocycles. The summed E-state index contributed by atoms with van der Waals surface area (Å²) in [6.45, 7) is 14.0. The normalized spacial score (nSPS) is 28.8. The lowest BCUT2D eigenvalue weighted by Gasteiger charge is -2.40. The average Bonchev–Trinajstić information content (AvgIpc) is 3.54. The van der Waals surface area contributed by atoms with E-state index in [1.54, 1.807) is 38.6 Å². The highest BCUT2D eigenvalue weighted by atomic mass is 32.2. The highest BCUT2D eigenvalue weighted by Crippen LogP contribution is 2.67. The van der Waals surface area contributed by atoms with E-state index in [1.807, 2.05) is 51.1 Å². The van der Waals surface area contributed by atoms with Crippen LogP contribution in [0.5, 0.6) is 0 Å². The maximum absolute atomic E-state index is 14.2. The number of para-hydroxylation sites is 1. The van der Waals surface area contributed by atoms with Gasteiger partial charge >= 0.3 is 0 Å². The number of carbonyl (C=O) groups excluding carboxylic acids is 3. The number of hydrogen-bond donors (Lipinski definition) is 1. The van der Waals surface area contributed by atoms with Gasteiger partial charge in [-0.3, -0.25) is 14.4 Å². The molecule has 1 aromatic rings. The number of nitrogens with zero attached hydrogens (tertiary/aromatic N) is 3. The molecule has 3 aliphatic rings. The van der Waals surface area contributed by atoms with Gasteiger partial charge in [-0.2, -0.15) is 0 Å². The van der Waals surface area contributed by atoms with E-state index in [9.17, 15) is 19.5 Å². The summed E-state index contributed by atoms with van der Waals surface area (Å²) in [7, 11) is 0. The second kappa shape index (κ2) is 11.0. The third-order valence-corrected chi connectivity index (χ3v) is 10.2. The highest BCUT2D eigenvalue weighted by molar-refractivity contribution is 8.02. The maximum Gasteiger partial charge on any atom is 0.247 e. The van der Waals surface area contributed by atoms with Gasteiger partial charge < -0.3 is 19.8 Å². The molecule has 0 aromatic heterocycles. The van der Waals surface area contributed by atoms with Crippen molar-refractivity contribution in [1.29, 1.82) is 0 Å². The fourth-order valence-electron chi connectivity index (χ4n) is 6.55. The molecule has 6 atom stereocenters. The van der Waals surface area contributed by atoms with Crippen molar-refractivity contribution in [3.05, 3.63) is 55.6 Å². The fourth-order valence-corrected chi connectivity index (χ4v) is 8.74. The molecule has 37 heavy (non-hydrogen) atoms. The number of aliphatic hydroxyl groups is 1. The largest absolute Gasteiger partial charge is 0.394 e. The van der Waals surface area contributed by atoms with E-state index < -0.39 is 28.7 Å². The summed E-state index contributed by atoms with van der Waals surface area (Å²) < 4.78 is -0.688. The number of amides is 3. The highest BCUT2D eigenvalue weighted by Gasteiger charge is 2.74. The lowest BCUT2D eigenvalue weighted by atomic mass is 9.70. The van der Waals surface area contributed by atoms with Crippen LogP contribution >= 0.6 is 11.8 Å². The first-order chi connectivity index (χ1) is 17.8. The van der Waals surface area contributed by atoms with Crippen molar-refractivity contribution in [2.45, 2.75) is 68.2 Å². The zero-order valence-corrected chi connectivity index (χ0v) is 22.9. The Balaban J connectivity index is 1.79. The third kappa shape index (κ3) is 4.42. The van der Waals surface area contributed by atoms with Crippen LogP contribution in [0.2, 0.25) is 0 Å². The van der Waals surface area contributed by atoms with E-state index in [2.05, 4.69) is 13.2 Å². The molecule has 3 heterocycles. The van der Waals surface area contributed by atoms with Crippen LogP contribution < -0.4 is 4.90 Å². The van der Waals surface area contributed by atoms with Crippen molar-refractivity contribution in [3.8, 4) is 0 Å². The van der Waals surface area contributed by atoms with Gasteiger partial charge in [0.1, 0.15) is 6.04 Å². The zero-order valence-electron chi connectivity index (χ0n) is 22.1. The van der Waals surface area contributed by atoms with E-state index in [0.29, 0.717) is 25.9 Å². The van der Waals surface area contributed by atoms with Crippen LogP contribution in [0.25, 0.3) is 0 Å². The van der Waals surface area contributed by atoms with Gasteiger partial charge in [0.05, 0.1) is 29.2 Å². The van der Waals surface area contributed by atoms with Gasteiger partial charge in [-0.25, -0.2) is 0 Å². The smallest absolute Gasteiger partial charge is 0.247 e. The van der Waals surface area contributed by atoms with Crippen molar-refractivity contribution in [2.24, 2.45) is 11.8 Å². The number of fused-ring (bicyclic) bond motifs is 1. The molecule has 3 aliphatic heterocycles. The Bertz CT molecular complexity index is 1040. The van der Waals surface area contributed by atoms with Gasteiger partial charge in [0.25, 0.3) is 0 Å². The van der Waals surface area contributed by atoms with Crippen LogP contribution in [0, 0.1) is 11.8 Å². The lowest BCUT2D eigenvalue weighted by Crippen LogP contribution is -2.58. The number of likely N-dealkylation sites (tertiary alicyclic amines) is 1. The molecule has 7 nitrogen and oxygen atoms in total. The van der Waals surface area contributed by atoms with Crippen LogP contribution in [0.3, 0.4) is 0 Å². The van der Waals surface area contributed by atoms with Crippen LogP contribution in [-0.4, -0.2) is 80.4 Å². The summed E-state index contributed by atoms with van der Waals surface area (Å²) in [5.41, 5.74) is 0.767. The molecule has 0 radical (unpaired) electrons. The predicted octanol–water partition coefficient (Wildman–Crippen LogP) is 3.49. The summed E-state index contributed by atoms with van der Waals surface area (Å²) in [6.07, 6.45) is 5.40. The van der Waals surface area contributed by atoms with Crippen molar-refractivity contribution >= 4 is 35.2 Å². The Morgan fingerprint density at radius 1 is 1.19 bits per heavy atom. The number of aliphatic hydroxyl groups excluding tert-OH is 1. The molecule has 0 aliphatic carbocycles. The summed E-state index contributed by atoms with van der Waals surface area (Å²) >= 11 is 1.66. The quantitative estimate of drug-likeness (QED) is 0.448. The lowest BCUT2D eigenvalue weighted by molar-refractivity contribution is -0.146. The van der Waals surface area contributed by atoms with Crippen LogP contribution in [0.1, 0.15) is 40.0 Å². The number of anilines is 1. The van der Waals surface area contributed by atoms with Gasteiger partial charge in [-0.05, 0) is 45.2 Å². The molecule has 8 heteroatoms. The summed E-state index contributed by atoms with van der Waals surface area (Å²) in [6, 6.07) is 8.19. The van der Waals surface area contributed by atoms with Crippen LogP contribution in [-0.2, 0) is 14.4 Å². The first-order valence-corrected chi connectivity index (χ1v) is 14.1. The van der Waals surface area contributed by atoms with E-state index in [0.717, 1.165) is 12.1 Å². The molecule has 3 saturated heterocycles. The van der Waals surface area contributed by atoms with Gasteiger partial charge in [0, 0.05) is 30.1 Å². The fraction of sp³-hybridized carbons (Fsp3) is 0.552. The molecule has 2 bridgehead atoms. The van der Waals surface area contributed by atoms with Gasteiger partial charge in [-0.15, -0.1) is 24.9 Å². The molecule has 4 rings (SSSR count). The van der Waals surface area contributed by atoms with Crippen molar-refractivity contribution in [2.75, 3.05) is 24.6 Å². The Kier molecular flexibility index (Phi) is 8.19. The van der Waals surface area contributed by atoms with Crippen molar-refractivity contribution in [1.82, 2.24) is 9.80 Å². The molecular weight excluding hydrogens is 486 g/mol. The minimum Gasteiger partial charge on any atom is -0.394 e. The Morgan fingerprint density at radius 2 is 1.86 bits per heavy atom. The van der Waals surface area contributed by atoms with Crippen molar-refractivity contribution < 1.29 is 19.5 Å². The van der Waals surface area contributed by atoms with Crippen LogP contribution in [0.15, 0.2) is 55.6 Å². The Labute approximate surface area is 224 Å². The number of rotatable bonds is 11. The van der Waals surface area contributed by atoms with E-state index >= 15 is 0 Å². The Hall–Kier alpha value is -2.58. The molecule has 1 spiro atoms. The van der Waals surface area contributed by atoms with Gasteiger partial charge in [-0.1, -0.05) is 37.3 Å². The molecule has 1 N–H and O–H groups in total. The summed E-state index contributed by atoms with van der Waals surface area (Å²) in [5.74, 6) is -1.53. The summed E-state index contributed by atoms with van der Waals surface area (Å²) in [4.78, 5) is 47.7. The number of thioether (sulfide) groups is 1. The monoisotopic (exact) mass is 525 g/mol. The molecule has 2 unspecified atom stereocenters. The predicted molar refractivity (Wildman–Crippen MR) is 148 cm³/mol. The zero-order chi connectivity index (χ0) is 26.9. The molecule has 3 amide bonds. The first kappa shape index (κ1) is 27.5. The van der Waals surface area contributed by atoms with Gasteiger partial charge in [0.2, 0.25) is 17.7 Å². The number of benzene rings is 1.